The lowest BCUT2D eigenvalue weighted by Crippen LogP contribution is -2.15. The monoisotopic (exact) mass is 200 g/mol. The average molecular weight is 201 g/mol. The molecule has 0 radical (unpaired) electrons. The Hall–Kier alpha value is -0.480. The maximum absolute atomic E-state index is 10.4. The molecule has 0 aromatic carbocycles. The van der Waals surface area contributed by atoms with Crippen molar-refractivity contribution in [3.8, 4) is 0 Å². The van der Waals surface area contributed by atoms with E-state index in [1.165, 1.54) is 0 Å². The summed E-state index contributed by atoms with van der Waals surface area (Å²) in [4.78, 5) is 20.4. The third-order valence-corrected chi connectivity index (χ3v) is 1.49. The Kier molecular flexibility index (Phi) is 4.98. The van der Waals surface area contributed by atoms with Gasteiger partial charge in [-0.3, -0.25) is 4.79 Å². The number of carbonyl (C=O) groups excluding carboxylic acids is 1. The SMILES string of the molecule is O=C(O)CCC(Cl)C(=O)OCl. The van der Waals surface area contributed by atoms with Crippen molar-refractivity contribution in [3.63, 3.8) is 0 Å². The molecule has 0 aromatic rings. The van der Waals surface area contributed by atoms with E-state index in [2.05, 4.69) is 16.2 Å². The van der Waals surface area contributed by atoms with Crippen molar-refractivity contribution in [2.45, 2.75) is 18.2 Å². The van der Waals surface area contributed by atoms with Crippen LogP contribution in [0.4, 0.5) is 0 Å². The number of halogens is 2. The number of alkyl halides is 1. The van der Waals surface area contributed by atoms with E-state index in [9.17, 15) is 9.59 Å². The summed E-state index contributed by atoms with van der Waals surface area (Å²) in [5, 5.41) is 7.19. The lowest BCUT2D eigenvalue weighted by molar-refractivity contribution is -0.137. The highest BCUT2D eigenvalue weighted by molar-refractivity contribution is 6.31. The minimum Gasteiger partial charge on any atom is -0.481 e. The molecule has 1 unspecified atom stereocenters. The summed E-state index contributed by atoms with van der Waals surface area (Å²) in [5.41, 5.74) is 0. The Morgan fingerprint density at radius 2 is 2.09 bits per heavy atom. The maximum atomic E-state index is 10.4. The molecule has 6 heteroatoms. The highest BCUT2D eigenvalue weighted by atomic mass is 35.5. The molecule has 0 heterocycles. The molecule has 0 saturated carbocycles. The van der Waals surface area contributed by atoms with Gasteiger partial charge in [0, 0.05) is 6.42 Å². The lowest BCUT2D eigenvalue weighted by atomic mass is 10.2. The van der Waals surface area contributed by atoms with Gasteiger partial charge in [-0.25, -0.2) is 4.79 Å². The maximum Gasteiger partial charge on any atom is 0.342 e. The topological polar surface area (TPSA) is 63.6 Å². The fraction of sp³-hybridized carbons (Fsp3) is 0.600. The van der Waals surface area contributed by atoms with Gasteiger partial charge >= 0.3 is 11.9 Å². The van der Waals surface area contributed by atoms with Crippen molar-refractivity contribution in [1.29, 1.82) is 0 Å². The van der Waals surface area contributed by atoms with Crippen LogP contribution in [0.25, 0.3) is 0 Å². The van der Waals surface area contributed by atoms with Crippen LogP contribution in [0.5, 0.6) is 0 Å². The van der Waals surface area contributed by atoms with Gasteiger partial charge in [-0.2, -0.15) is 0 Å². The van der Waals surface area contributed by atoms with Crippen molar-refractivity contribution in [2.75, 3.05) is 0 Å². The molecule has 0 aliphatic carbocycles. The number of carboxylic acid groups (broad SMARTS) is 1. The summed E-state index contributed by atoms with van der Waals surface area (Å²) in [6.07, 6.45) is -0.164. The predicted molar refractivity (Wildman–Crippen MR) is 38.5 cm³/mol. The molecule has 0 aromatic heterocycles. The largest absolute Gasteiger partial charge is 0.481 e. The first-order valence-corrected chi connectivity index (χ1v) is 3.50. The molecular weight excluding hydrogens is 195 g/mol. The second-order valence-corrected chi connectivity index (χ2v) is 2.48. The molecule has 0 spiro atoms. The van der Waals surface area contributed by atoms with E-state index in [4.69, 9.17) is 16.7 Å². The van der Waals surface area contributed by atoms with Gasteiger partial charge in [0.15, 0.2) is 0 Å². The molecule has 0 fully saturated rings. The number of hydrogen-bond acceptors (Lipinski definition) is 3. The lowest BCUT2D eigenvalue weighted by Gasteiger charge is -2.01. The van der Waals surface area contributed by atoms with Crippen LogP contribution in [0.1, 0.15) is 12.8 Å². The molecule has 0 aliphatic heterocycles. The molecule has 0 amide bonds. The molecule has 0 bridgehead atoms. The first kappa shape index (κ1) is 10.5. The van der Waals surface area contributed by atoms with Crippen molar-refractivity contribution in [2.24, 2.45) is 0 Å². The van der Waals surface area contributed by atoms with Gasteiger partial charge < -0.3 is 9.40 Å². The number of hydrogen-bond donors (Lipinski definition) is 1. The van der Waals surface area contributed by atoms with E-state index >= 15 is 0 Å². The summed E-state index contributed by atoms with van der Waals surface area (Å²) in [7, 11) is 0. The Morgan fingerprint density at radius 1 is 1.55 bits per heavy atom. The van der Waals surface area contributed by atoms with Crippen LogP contribution in [0.2, 0.25) is 0 Å². The van der Waals surface area contributed by atoms with Crippen LogP contribution in [0.15, 0.2) is 0 Å². The highest BCUT2D eigenvalue weighted by Crippen LogP contribution is 2.08. The van der Waals surface area contributed by atoms with Gasteiger partial charge in [0.05, 0.1) is 0 Å². The van der Waals surface area contributed by atoms with E-state index in [1.54, 1.807) is 0 Å². The Balaban J connectivity index is 3.60. The van der Waals surface area contributed by atoms with E-state index < -0.39 is 17.3 Å². The second kappa shape index (κ2) is 5.21. The van der Waals surface area contributed by atoms with Gasteiger partial charge in [0.1, 0.15) is 17.2 Å². The molecule has 0 aliphatic rings. The third kappa shape index (κ3) is 4.86. The molecule has 64 valence electrons. The molecule has 1 atom stereocenters. The fourth-order valence-electron chi connectivity index (χ4n) is 0.416. The van der Waals surface area contributed by atoms with E-state index in [0.717, 1.165) is 0 Å². The first-order valence-electron chi connectivity index (χ1n) is 2.76. The zero-order valence-electron chi connectivity index (χ0n) is 5.42. The second-order valence-electron chi connectivity index (χ2n) is 1.80. The van der Waals surface area contributed by atoms with Crippen LogP contribution in [-0.4, -0.2) is 22.4 Å². The summed E-state index contributed by atoms with van der Waals surface area (Å²) in [6, 6.07) is 0. The highest BCUT2D eigenvalue weighted by Gasteiger charge is 2.17. The van der Waals surface area contributed by atoms with Crippen LogP contribution < -0.4 is 0 Å². The van der Waals surface area contributed by atoms with Gasteiger partial charge in [0.25, 0.3) is 0 Å². The Bertz CT molecular complexity index is 159. The van der Waals surface area contributed by atoms with Crippen molar-refractivity contribution < 1.29 is 19.0 Å². The number of carbonyl (C=O) groups is 2. The number of aliphatic carboxylic acids is 1. The van der Waals surface area contributed by atoms with E-state index in [-0.39, 0.29) is 12.8 Å². The summed E-state index contributed by atoms with van der Waals surface area (Å²) >= 11 is 10.0. The molecule has 11 heavy (non-hydrogen) atoms. The summed E-state index contributed by atoms with van der Waals surface area (Å²) in [5.74, 6) is -1.84. The molecular formula is C5H6Cl2O4. The molecule has 0 saturated heterocycles. The van der Waals surface area contributed by atoms with Gasteiger partial charge in [-0.15, -0.1) is 11.6 Å². The van der Waals surface area contributed by atoms with Gasteiger partial charge in [-0.05, 0) is 6.42 Å². The number of carboxylic acids is 1. The minimum atomic E-state index is -1.02. The zero-order chi connectivity index (χ0) is 8.85. The van der Waals surface area contributed by atoms with Crippen molar-refractivity contribution >= 4 is 35.4 Å². The molecule has 1 N–H and O–H groups in total. The van der Waals surface area contributed by atoms with E-state index in [0.29, 0.717) is 0 Å². The summed E-state index contributed by atoms with van der Waals surface area (Å²) < 4.78 is 3.75. The van der Waals surface area contributed by atoms with Crippen molar-refractivity contribution in [1.82, 2.24) is 0 Å². The Morgan fingerprint density at radius 3 is 2.45 bits per heavy atom. The minimum absolute atomic E-state index is 0.0163. The van der Waals surface area contributed by atoms with Gasteiger partial charge in [0.2, 0.25) is 0 Å². The third-order valence-electron chi connectivity index (χ3n) is 0.943. The van der Waals surface area contributed by atoms with Crippen LogP contribution in [0.3, 0.4) is 0 Å². The average Bonchev–Trinajstić information content (AvgIpc) is 1.98. The van der Waals surface area contributed by atoms with Gasteiger partial charge in [-0.1, -0.05) is 0 Å². The fourth-order valence-corrected chi connectivity index (χ4v) is 0.723. The zero-order valence-corrected chi connectivity index (χ0v) is 6.93. The Labute approximate surface area is 73.2 Å². The summed E-state index contributed by atoms with van der Waals surface area (Å²) in [6.45, 7) is 0. The van der Waals surface area contributed by atoms with Crippen LogP contribution in [-0.2, 0) is 13.9 Å². The first-order chi connectivity index (χ1) is 5.07. The standard InChI is InChI=1S/C5H6Cl2O4/c6-3(5(10)11-7)1-2-4(8)9/h3H,1-2H2,(H,8,9). The van der Waals surface area contributed by atoms with Crippen LogP contribution >= 0.6 is 23.5 Å². The number of rotatable bonds is 4. The smallest absolute Gasteiger partial charge is 0.342 e. The molecule has 4 nitrogen and oxygen atoms in total. The predicted octanol–water partition coefficient (Wildman–Crippen LogP) is 1.16. The van der Waals surface area contributed by atoms with E-state index in [1.807, 2.05) is 0 Å². The normalized spacial score (nSPS) is 12.2. The van der Waals surface area contributed by atoms with Crippen LogP contribution in [0, 0.1) is 0 Å². The van der Waals surface area contributed by atoms with Crippen molar-refractivity contribution in [3.05, 3.63) is 0 Å². The quantitative estimate of drug-likeness (QED) is 0.693. The molecule has 0 rings (SSSR count).